The van der Waals surface area contributed by atoms with E-state index in [1.165, 1.54) is 24.3 Å². The molecule has 16 heavy (non-hydrogen) atoms. The molecule has 0 spiro atoms. The second kappa shape index (κ2) is 5.27. The highest BCUT2D eigenvalue weighted by atomic mass is 35.5. The molecule has 1 atom stereocenters. The van der Waals surface area contributed by atoms with Crippen molar-refractivity contribution >= 4 is 17.7 Å². The Labute approximate surface area is 96.6 Å². The Morgan fingerprint density at radius 1 is 1.50 bits per heavy atom. The van der Waals surface area contributed by atoms with Crippen molar-refractivity contribution in [3.63, 3.8) is 0 Å². The van der Waals surface area contributed by atoms with Crippen molar-refractivity contribution < 1.29 is 9.50 Å². The molecule has 80 valence electrons. The predicted octanol–water partition coefficient (Wildman–Crippen LogP) is 2.27. The number of halogens is 2. The van der Waals surface area contributed by atoms with Gasteiger partial charge >= 0.3 is 0 Å². The van der Waals surface area contributed by atoms with Crippen LogP contribution in [0.3, 0.4) is 0 Å². The van der Waals surface area contributed by atoms with E-state index >= 15 is 0 Å². The van der Waals surface area contributed by atoms with Gasteiger partial charge in [-0.2, -0.15) is 10.5 Å². The van der Waals surface area contributed by atoms with Gasteiger partial charge < -0.3 is 5.11 Å². The first-order valence-electron chi connectivity index (χ1n) is 4.23. The Balaban J connectivity index is 3.27. The average Bonchev–Trinajstić information content (AvgIpc) is 2.28. The number of hydrogen-bond acceptors (Lipinski definition) is 3. The van der Waals surface area contributed by atoms with E-state index in [0.29, 0.717) is 0 Å². The molecule has 0 heterocycles. The Morgan fingerprint density at radius 3 is 2.69 bits per heavy atom. The van der Waals surface area contributed by atoms with E-state index in [2.05, 4.69) is 0 Å². The summed E-state index contributed by atoms with van der Waals surface area (Å²) in [4.78, 5) is 0. The zero-order valence-corrected chi connectivity index (χ0v) is 8.74. The number of hydrogen-bond donors (Lipinski definition) is 1. The maximum atomic E-state index is 13.3. The monoisotopic (exact) mass is 236 g/mol. The van der Waals surface area contributed by atoms with Crippen LogP contribution in [0.15, 0.2) is 23.8 Å². The fraction of sp³-hybridized carbons (Fsp3) is 0.0909. The summed E-state index contributed by atoms with van der Waals surface area (Å²) in [5.74, 6) is -0.620. The topological polar surface area (TPSA) is 67.8 Å². The molecule has 0 saturated carbocycles. The Bertz CT molecular complexity index is 493. The SMILES string of the molecule is N#C/C(=C/c1c(F)cccc1Cl)[C@H](O)C#N. The number of rotatable bonds is 2. The second-order valence-electron chi connectivity index (χ2n) is 2.88. The summed E-state index contributed by atoms with van der Waals surface area (Å²) in [5.41, 5.74) is -0.274. The summed E-state index contributed by atoms with van der Waals surface area (Å²) in [7, 11) is 0. The number of nitriles is 2. The van der Waals surface area contributed by atoms with Crippen LogP contribution in [0.2, 0.25) is 5.02 Å². The molecule has 0 amide bonds. The van der Waals surface area contributed by atoms with Gasteiger partial charge in [0.05, 0.1) is 22.7 Å². The van der Waals surface area contributed by atoms with Crippen LogP contribution in [0.25, 0.3) is 6.08 Å². The van der Waals surface area contributed by atoms with E-state index in [1.54, 1.807) is 6.07 Å². The molecule has 0 radical (unpaired) electrons. The fourth-order valence-electron chi connectivity index (χ4n) is 1.05. The zero-order chi connectivity index (χ0) is 12.1. The molecule has 1 aromatic carbocycles. The summed E-state index contributed by atoms with van der Waals surface area (Å²) >= 11 is 5.72. The summed E-state index contributed by atoms with van der Waals surface area (Å²) in [5, 5.41) is 26.4. The quantitative estimate of drug-likeness (QED) is 0.633. The zero-order valence-electron chi connectivity index (χ0n) is 7.98. The number of benzene rings is 1. The van der Waals surface area contributed by atoms with Gasteiger partial charge in [0.25, 0.3) is 0 Å². The standard InChI is InChI=1S/C11H6ClFN2O/c12-9-2-1-3-10(13)8(9)4-7(5-14)11(16)6-15/h1-4,11,16H/b7-4-/t11-/m1/s1. The normalized spacial score (nSPS) is 12.7. The van der Waals surface area contributed by atoms with Crippen molar-refractivity contribution in [3.8, 4) is 12.1 Å². The van der Waals surface area contributed by atoms with E-state index < -0.39 is 11.9 Å². The third kappa shape index (κ3) is 2.58. The largest absolute Gasteiger partial charge is 0.373 e. The van der Waals surface area contributed by atoms with Gasteiger partial charge in [-0.05, 0) is 18.2 Å². The van der Waals surface area contributed by atoms with Gasteiger partial charge in [0, 0.05) is 5.56 Å². The third-order valence-electron chi connectivity index (χ3n) is 1.85. The number of nitrogens with zero attached hydrogens (tertiary/aromatic N) is 2. The van der Waals surface area contributed by atoms with Gasteiger partial charge in [-0.1, -0.05) is 17.7 Å². The van der Waals surface area contributed by atoms with Crippen LogP contribution in [0.5, 0.6) is 0 Å². The summed E-state index contributed by atoms with van der Waals surface area (Å²) in [6.07, 6.45) is -0.522. The van der Waals surface area contributed by atoms with Crippen molar-refractivity contribution in [3.05, 3.63) is 40.2 Å². The van der Waals surface area contributed by atoms with Gasteiger partial charge in [0.1, 0.15) is 5.82 Å². The highest BCUT2D eigenvalue weighted by molar-refractivity contribution is 6.32. The van der Waals surface area contributed by atoms with Crippen LogP contribution >= 0.6 is 11.6 Å². The lowest BCUT2D eigenvalue weighted by Gasteiger charge is -2.02. The summed E-state index contributed by atoms with van der Waals surface area (Å²) in [6.45, 7) is 0. The van der Waals surface area contributed by atoms with Crippen LogP contribution in [0.1, 0.15) is 5.56 Å². The van der Waals surface area contributed by atoms with Crippen molar-refractivity contribution in [2.45, 2.75) is 6.10 Å². The van der Waals surface area contributed by atoms with Crippen LogP contribution in [-0.4, -0.2) is 11.2 Å². The molecule has 1 aromatic rings. The molecule has 0 saturated heterocycles. The molecule has 3 nitrogen and oxygen atoms in total. The number of aliphatic hydroxyl groups is 1. The van der Waals surface area contributed by atoms with Crippen molar-refractivity contribution in [2.75, 3.05) is 0 Å². The Hall–Kier alpha value is -1.88. The minimum absolute atomic E-state index is 0.0185. The molecule has 0 aromatic heterocycles. The molecule has 1 rings (SSSR count). The highest BCUT2D eigenvalue weighted by Gasteiger charge is 2.12. The third-order valence-corrected chi connectivity index (χ3v) is 2.18. The van der Waals surface area contributed by atoms with E-state index in [0.717, 1.165) is 6.08 Å². The summed E-state index contributed by atoms with van der Waals surface area (Å²) < 4.78 is 13.3. The molecule has 0 unspecified atom stereocenters. The van der Waals surface area contributed by atoms with Gasteiger partial charge in [0.2, 0.25) is 0 Å². The van der Waals surface area contributed by atoms with Gasteiger partial charge in [0.15, 0.2) is 6.10 Å². The van der Waals surface area contributed by atoms with Crippen molar-refractivity contribution in [1.82, 2.24) is 0 Å². The van der Waals surface area contributed by atoms with Crippen LogP contribution in [0, 0.1) is 28.5 Å². The van der Waals surface area contributed by atoms with E-state index in [4.69, 9.17) is 27.2 Å². The molecule has 1 N–H and O–H groups in total. The molecule has 0 aliphatic heterocycles. The van der Waals surface area contributed by atoms with E-state index in [-0.39, 0.29) is 16.2 Å². The number of aliphatic hydroxyl groups excluding tert-OH is 1. The first-order chi connectivity index (χ1) is 7.60. The molecular weight excluding hydrogens is 231 g/mol. The highest BCUT2D eigenvalue weighted by Crippen LogP contribution is 2.22. The maximum absolute atomic E-state index is 13.3. The Kier molecular flexibility index (Phi) is 4.02. The lowest BCUT2D eigenvalue weighted by atomic mass is 10.1. The molecule has 0 aliphatic rings. The van der Waals surface area contributed by atoms with Crippen LogP contribution in [0.4, 0.5) is 4.39 Å². The average molecular weight is 237 g/mol. The lowest BCUT2D eigenvalue weighted by Crippen LogP contribution is -2.05. The predicted molar refractivity (Wildman–Crippen MR) is 56.6 cm³/mol. The molecule has 0 bridgehead atoms. The lowest BCUT2D eigenvalue weighted by molar-refractivity contribution is 0.271. The van der Waals surface area contributed by atoms with Crippen molar-refractivity contribution in [2.24, 2.45) is 0 Å². The van der Waals surface area contributed by atoms with E-state index in [1.807, 2.05) is 0 Å². The van der Waals surface area contributed by atoms with Gasteiger partial charge in [-0.25, -0.2) is 4.39 Å². The molecule has 0 fully saturated rings. The fourth-order valence-corrected chi connectivity index (χ4v) is 1.26. The van der Waals surface area contributed by atoms with Gasteiger partial charge in [-0.3, -0.25) is 0 Å². The molecule has 5 heteroatoms. The van der Waals surface area contributed by atoms with Crippen LogP contribution < -0.4 is 0 Å². The van der Waals surface area contributed by atoms with Gasteiger partial charge in [-0.15, -0.1) is 0 Å². The van der Waals surface area contributed by atoms with Crippen molar-refractivity contribution in [1.29, 1.82) is 10.5 Å². The second-order valence-corrected chi connectivity index (χ2v) is 3.29. The first-order valence-corrected chi connectivity index (χ1v) is 4.61. The minimum Gasteiger partial charge on any atom is -0.373 e. The maximum Gasteiger partial charge on any atom is 0.175 e. The first kappa shape index (κ1) is 12.2. The Morgan fingerprint density at radius 2 is 2.19 bits per heavy atom. The minimum atomic E-state index is -1.58. The smallest absolute Gasteiger partial charge is 0.175 e. The van der Waals surface area contributed by atoms with E-state index in [9.17, 15) is 4.39 Å². The molecular formula is C11H6ClFN2O. The van der Waals surface area contributed by atoms with Crippen LogP contribution in [-0.2, 0) is 0 Å². The summed E-state index contributed by atoms with van der Waals surface area (Å²) in [6, 6.07) is 7.13. The molecule has 0 aliphatic carbocycles.